The second kappa shape index (κ2) is 11.2. The zero-order valence-electron chi connectivity index (χ0n) is 18.1. The first-order valence-electron chi connectivity index (χ1n) is 10.4. The highest BCUT2D eigenvalue weighted by molar-refractivity contribution is 5.71. The quantitative estimate of drug-likeness (QED) is 0.671. The number of carbonyl (C=O) groups excluding carboxylic acids is 2. The average Bonchev–Trinajstić information content (AvgIpc) is 2.61. The monoisotopic (exact) mass is 405 g/mol. The van der Waals surface area contributed by atoms with Crippen LogP contribution in [0, 0.1) is 0 Å². The van der Waals surface area contributed by atoms with Crippen molar-refractivity contribution in [2.75, 3.05) is 32.9 Å². The molecule has 1 amide bonds. The highest BCUT2D eigenvalue weighted by Crippen LogP contribution is 2.14. The Morgan fingerprint density at radius 3 is 2.62 bits per heavy atom. The number of piperidine rings is 1. The summed E-state index contributed by atoms with van der Waals surface area (Å²) in [6.45, 7) is 11.0. The molecule has 162 valence electrons. The summed E-state index contributed by atoms with van der Waals surface area (Å²) in [5.41, 5.74) is 0.641. The highest BCUT2D eigenvalue weighted by atomic mass is 16.6. The van der Waals surface area contributed by atoms with Crippen molar-refractivity contribution in [3.05, 3.63) is 35.9 Å². The minimum absolute atomic E-state index is 0.0415. The molecule has 1 aromatic rings. The van der Waals surface area contributed by atoms with Crippen LogP contribution in [0.1, 0.15) is 46.1 Å². The maximum absolute atomic E-state index is 12.1. The van der Waals surface area contributed by atoms with E-state index >= 15 is 0 Å². The number of rotatable bonds is 8. The molecule has 29 heavy (non-hydrogen) atoms. The Bertz CT molecular complexity index is 645. The molecule has 0 bridgehead atoms. The van der Waals surface area contributed by atoms with Crippen molar-refractivity contribution in [2.24, 2.45) is 0 Å². The Kier molecular flexibility index (Phi) is 8.92. The van der Waals surface area contributed by atoms with Crippen LogP contribution in [0.4, 0.5) is 4.79 Å². The minimum atomic E-state index is -0.509. The summed E-state index contributed by atoms with van der Waals surface area (Å²) in [6, 6.07) is 10.1. The maximum atomic E-state index is 12.1. The molecule has 7 nitrogen and oxygen atoms in total. The van der Waals surface area contributed by atoms with Crippen LogP contribution in [0.5, 0.6) is 0 Å². The second-order valence-corrected chi connectivity index (χ2v) is 8.48. The zero-order valence-corrected chi connectivity index (χ0v) is 18.1. The highest BCUT2D eigenvalue weighted by Gasteiger charge is 2.25. The van der Waals surface area contributed by atoms with E-state index in [1.807, 2.05) is 45.9 Å². The van der Waals surface area contributed by atoms with Gasteiger partial charge in [-0.25, -0.2) is 4.79 Å². The average molecular weight is 406 g/mol. The van der Waals surface area contributed by atoms with Crippen LogP contribution in [0.2, 0.25) is 0 Å². The van der Waals surface area contributed by atoms with Gasteiger partial charge in [-0.3, -0.25) is 14.6 Å². The lowest BCUT2D eigenvalue weighted by atomic mass is 10.1. The Morgan fingerprint density at radius 2 is 1.97 bits per heavy atom. The van der Waals surface area contributed by atoms with Crippen molar-refractivity contribution in [1.29, 1.82) is 0 Å². The Labute approximate surface area is 174 Å². The van der Waals surface area contributed by atoms with E-state index in [0.29, 0.717) is 19.8 Å². The van der Waals surface area contributed by atoms with E-state index in [9.17, 15) is 9.59 Å². The third-order valence-corrected chi connectivity index (χ3v) is 4.53. The molecule has 0 radical (unpaired) electrons. The van der Waals surface area contributed by atoms with Crippen LogP contribution in [0.3, 0.4) is 0 Å². The predicted molar refractivity (Wildman–Crippen MR) is 112 cm³/mol. The largest absolute Gasteiger partial charge is 0.465 e. The molecule has 1 atom stereocenters. The van der Waals surface area contributed by atoms with Crippen molar-refractivity contribution in [2.45, 2.75) is 58.7 Å². The molecular formula is C22H35N3O4. The van der Waals surface area contributed by atoms with E-state index in [2.05, 4.69) is 27.2 Å². The number of carbonyl (C=O) groups is 2. The van der Waals surface area contributed by atoms with Gasteiger partial charge in [0.2, 0.25) is 0 Å². The second-order valence-electron chi connectivity index (χ2n) is 8.48. The van der Waals surface area contributed by atoms with Gasteiger partial charge in [0.25, 0.3) is 0 Å². The molecule has 1 aromatic carbocycles. The topological polar surface area (TPSA) is 71.1 Å². The van der Waals surface area contributed by atoms with Crippen LogP contribution in [0.15, 0.2) is 30.3 Å². The Hall–Kier alpha value is -2.12. The molecule has 7 heteroatoms. The van der Waals surface area contributed by atoms with Crippen LogP contribution < -0.4 is 5.32 Å². The number of hydrogen-bond donors (Lipinski definition) is 1. The fourth-order valence-electron chi connectivity index (χ4n) is 3.45. The van der Waals surface area contributed by atoms with Gasteiger partial charge in [-0.2, -0.15) is 0 Å². The van der Waals surface area contributed by atoms with Gasteiger partial charge < -0.3 is 14.8 Å². The molecule has 0 spiro atoms. The van der Waals surface area contributed by atoms with Gasteiger partial charge in [-0.05, 0) is 52.6 Å². The van der Waals surface area contributed by atoms with Crippen molar-refractivity contribution < 1.29 is 19.1 Å². The zero-order chi connectivity index (χ0) is 21.3. The number of ether oxygens (including phenoxy) is 2. The Morgan fingerprint density at radius 1 is 1.24 bits per heavy atom. The standard InChI is InChI=1S/C22H35N3O4/c1-5-28-20(26)16-25(14-18-10-7-6-8-11-18)17-24-13-9-12-19(15-24)23-21(27)29-22(2,3)4/h6-8,10-11,19H,5,9,12-17H2,1-4H3,(H,23,27). The Balaban J connectivity index is 1.93. The van der Waals surface area contributed by atoms with Crippen molar-refractivity contribution in [3.8, 4) is 0 Å². The number of hydrogen-bond acceptors (Lipinski definition) is 6. The van der Waals surface area contributed by atoms with Gasteiger partial charge in [0, 0.05) is 19.1 Å². The number of nitrogens with one attached hydrogen (secondary N) is 1. The summed E-state index contributed by atoms with van der Waals surface area (Å²) in [7, 11) is 0. The van der Waals surface area contributed by atoms with Crippen molar-refractivity contribution in [3.63, 3.8) is 0 Å². The smallest absolute Gasteiger partial charge is 0.407 e. The summed E-state index contributed by atoms with van der Waals surface area (Å²) in [6.07, 6.45) is 1.53. The van der Waals surface area contributed by atoms with E-state index in [1.54, 1.807) is 0 Å². The van der Waals surface area contributed by atoms with Gasteiger partial charge in [-0.1, -0.05) is 30.3 Å². The molecule has 1 heterocycles. The fourth-order valence-corrected chi connectivity index (χ4v) is 3.45. The molecule has 1 aliphatic rings. The fraction of sp³-hybridized carbons (Fsp3) is 0.636. The number of nitrogens with zero attached hydrogens (tertiary/aromatic N) is 2. The van der Waals surface area contributed by atoms with E-state index < -0.39 is 5.60 Å². The van der Waals surface area contributed by atoms with Crippen LogP contribution in [-0.4, -0.2) is 66.4 Å². The molecule has 2 rings (SSSR count). The van der Waals surface area contributed by atoms with Gasteiger partial charge in [0.1, 0.15) is 5.60 Å². The normalized spacial score (nSPS) is 17.8. The molecule has 1 fully saturated rings. The van der Waals surface area contributed by atoms with E-state index in [4.69, 9.17) is 9.47 Å². The van der Waals surface area contributed by atoms with E-state index in [-0.39, 0.29) is 24.6 Å². The number of esters is 1. The molecule has 1 aliphatic heterocycles. The first-order chi connectivity index (χ1) is 13.7. The minimum Gasteiger partial charge on any atom is -0.465 e. The number of alkyl carbamates (subject to hydrolysis) is 1. The van der Waals surface area contributed by atoms with Crippen LogP contribution in [0.25, 0.3) is 0 Å². The summed E-state index contributed by atoms with van der Waals surface area (Å²) < 4.78 is 10.5. The molecule has 0 saturated carbocycles. The van der Waals surface area contributed by atoms with Gasteiger partial charge in [0.05, 0.1) is 19.8 Å². The molecule has 0 aliphatic carbocycles. The maximum Gasteiger partial charge on any atom is 0.407 e. The molecule has 0 aromatic heterocycles. The molecule has 1 saturated heterocycles. The summed E-state index contributed by atoms with van der Waals surface area (Å²) in [4.78, 5) is 28.5. The van der Waals surface area contributed by atoms with Crippen molar-refractivity contribution >= 4 is 12.1 Å². The summed E-state index contributed by atoms with van der Waals surface area (Å²) >= 11 is 0. The lowest BCUT2D eigenvalue weighted by Crippen LogP contribution is -2.51. The number of amides is 1. The van der Waals surface area contributed by atoms with Crippen LogP contribution >= 0.6 is 0 Å². The van der Waals surface area contributed by atoms with Gasteiger partial charge in [0.15, 0.2) is 0 Å². The number of likely N-dealkylation sites (tertiary alicyclic amines) is 1. The first kappa shape index (κ1) is 23.2. The summed E-state index contributed by atoms with van der Waals surface area (Å²) in [5.74, 6) is -0.219. The lowest BCUT2D eigenvalue weighted by molar-refractivity contribution is -0.145. The van der Waals surface area contributed by atoms with Gasteiger partial charge in [-0.15, -0.1) is 0 Å². The van der Waals surface area contributed by atoms with Crippen LogP contribution in [-0.2, 0) is 20.8 Å². The summed E-state index contributed by atoms with van der Waals surface area (Å²) in [5, 5.41) is 2.98. The van der Waals surface area contributed by atoms with E-state index in [1.165, 1.54) is 0 Å². The SMILES string of the molecule is CCOC(=O)CN(Cc1ccccc1)CN1CCCC(NC(=O)OC(C)(C)C)C1. The molecular weight excluding hydrogens is 370 g/mol. The molecule has 1 unspecified atom stereocenters. The third-order valence-electron chi connectivity index (χ3n) is 4.53. The molecule has 1 N–H and O–H groups in total. The van der Waals surface area contributed by atoms with E-state index in [0.717, 1.165) is 31.5 Å². The lowest BCUT2D eigenvalue weighted by Gasteiger charge is -2.36. The first-order valence-corrected chi connectivity index (χ1v) is 10.4. The predicted octanol–water partition coefficient (Wildman–Crippen LogP) is 3.00. The third kappa shape index (κ3) is 9.28. The number of benzene rings is 1. The van der Waals surface area contributed by atoms with Gasteiger partial charge >= 0.3 is 12.1 Å². The van der Waals surface area contributed by atoms with Crippen molar-refractivity contribution in [1.82, 2.24) is 15.1 Å².